The van der Waals surface area contributed by atoms with E-state index in [0.717, 1.165) is 11.4 Å². The molecule has 0 aliphatic rings. The third kappa shape index (κ3) is 1.54. The van der Waals surface area contributed by atoms with Crippen molar-refractivity contribution in [1.82, 2.24) is 4.98 Å². The zero-order valence-electron chi connectivity index (χ0n) is 14.9. The smallest absolute Gasteiger partial charge is 0.0711 e. The SMILES string of the molecule is Cc1cccc(-c2cc3ccc4ccc5ccc6ccc2c2c6c5c4c32)n1. The predicted octanol–water partition coefficient (Wildman–Crippen LogP) is 7.14. The number of hydrogen-bond acceptors (Lipinski definition) is 1. The Morgan fingerprint density at radius 1 is 0.556 bits per heavy atom. The summed E-state index contributed by atoms with van der Waals surface area (Å²) < 4.78 is 0. The van der Waals surface area contributed by atoms with Gasteiger partial charge in [-0.1, -0.05) is 54.6 Å². The predicted molar refractivity (Wildman–Crippen MR) is 115 cm³/mol. The molecule has 0 atom stereocenters. The number of aryl methyl sites for hydroxylation is 1. The van der Waals surface area contributed by atoms with Crippen LogP contribution in [0, 0.1) is 6.92 Å². The van der Waals surface area contributed by atoms with E-state index in [9.17, 15) is 0 Å². The second kappa shape index (κ2) is 4.44. The van der Waals surface area contributed by atoms with Crippen LogP contribution >= 0.6 is 0 Å². The molecule has 7 aromatic rings. The Kier molecular flexibility index (Phi) is 2.26. The van der Waals surface area contributed by atoms with Crippen LogP contribution in [0.3, 0.4) is 0 Å². The third-order valence-corrected chi connectivity index (χ3v) is 6.19. The summed E-state index contributed by atoms with van der Waals surface area (Å²) in [5.74, 6) is 0. The second-order valence-electron chi connectivity index (χ2n) is 7.67. The Balaban J connectivity index is 1.84. The highest BCUT2D eigenvalue weighted by molar-refractivity contribution is 6.45. The zero-order chi connectivity index (χ0) is 17.7. The summed E-state index contributed by atoms with van der Waals surface area (Å²) in [6.45, 7) is 2.06. The molecule has 0 saturated carbocycles. The Labute approximate surface area is 155 Å². The fraction of sp³-hybridized carbons (Fsp3) is 0.0385. The van der Waals surface area contributed by atoms with Crippen molar-refractivity contribution in [3.63, 3.8) is 0 Å². The molecular weight excluding hydrogens is 326 g/mol. The van der Waals surface area contributed by atoms with Gasteiger partial charge in [0.15, 0.2) is 0 Å². The van der Waals surface area contributed by atoms with E-state index in [-0.39, 0.29) is 0 Å². The highest BCUT2D eigenvalue weighted by Gasteiger charge is 2.21. The summed E-state index contributed by atoms with van der Waals surface area (Å²) >= 11 is 0. The van der Waals surface area contributed by atoms with Gasteiger partial charge in [-0.3, -0.25) is 4.98 Å². The third-order valence-electron chi connectivity index (χ3n) is 6.19. The zero-order valence-corrected chi connectivity index (χ0v) is 14.9. The highest BCUT2D eigenvalue weighted by atomic mass is 14.7. The quantitative estimate of drug-likeness (QED) is 0.289. The molecule has 27 heavy (non-hydrogen) atoms. The molecule has 7 rings (SSSR count). The van der Waals surface area contributed by atoms with E-state index in [1.165, 1.54) is 59.4 Å². The number of nitrogens with zero attached hydrogens (tertiary/aromatic N) is 1. The molecule has 0 N–H and O–H groups in total. The van der Waals surface area contributed by atoms with E-state index >= 15 is 0 Å². The minimum atomic E-state index is 1.05. The molecule has 0 amide bonds. The van der Waals surface area contributed by atoms with Gasteiger partial charge in [0.1, 0.15) is 0 Å². The van der Waals surface area contributed by atoms with Gasteiger partial charge in [-0.05, 0) is 79.0 Å². The lowest BCUT2D eigenvalue weighted by molar-refractivity contribution is 1.21. The van der Waals surface area contributed by atoms with Gasteiger partial charge in [0.05, 0.1) is 5.69 Å². The Hall–Kier alpha value is -3.45. The summed E-state index contributed by atoms with van der Waals surface area (Å²) in [7, 11) is 0. The maximum absolute atomic E-state index is 4.83. The van der Waals surface area contributed by atoms with Crippen molar-refractivity contribution >= 4 is 53.9 Å². The lowest BCUT2D eigenvalue weighted by atomic mass is 9.94. The summed E-state index contributed by atoms with van der Waals surface area (Å²) in [5, 5.41) is 13.7. The van der Waals surface area contributed by atoms with Crippen molar-refractivity contribution in [3.8, 4) is 11.3 Å². The molecule has 6 aromatic carbocycles. The first kappa shape index (κ1) is 13.7. The van der Waals surface area contributed by atoms with Gasteiger partial charge in [0, 0.05) is 11.3 Å². The summed E-state index contributed by atoms with van der Waals surface area (Å²) in [6, 6.07) is 26.8. The first-order valence-electron chi connectivity index (χ1n) is 9.41. The maximum atomic E-state index is 4.83. The molecule has 0 aliphatic carbocycles. The number of rotatable bonds is 1. The molecule has 0 saturated heterocycles. The van der Waals surface area contributed by atoms with Crippen LogP contribution < -0.4 is 0 Å². The lowest BCUT2D eigenvalue weighted by Crippen LogP contribution is -1.89. The second-order valence-corrected chi connectivity index (χ2v) is 7.67. The fourth-order valence-corrected chi connectivity index (χ4v) is 5.08. The first-order chi connectivity index (χ1) is 13.3. The molecule has 0 spiro atoms. The van der Waals surface area contributed by atoms with Crippen molar-refractivity contribution < 1.29 is 0 Å². The van der Waals surface area contributed by atoms with Crippen LogP contribution in [0.5, 0.6) is 0 Å². The van der Waals surface area contributed by atoms with E-state index in [1.54, 1.807) is 0 Å². The molecule has 1 heterocycles. The molecule has 1 heteroatoms. The van der Waals surface area contributed by atoms with E-state index in [2.05, 4.69) is 79.7 Å². The Bertz CT molecular complexity index is 1580. The molecule has 0 radical (unpaired) electrons. The van der Waals surface area contributed by atoms with E-state index < -0.39 is 0 Å². The molecule has 1 aromatic heterocycles. The average Bonchev–Trinajstić information content (AvgIpc) is 3.07. The largest absolute Gasteiger partial charge is 0.253 e. The van der Waals surface area contributed by atoms with Crippen LogP contribution in [0.4, 0.5) is 0 Å². The van der Waals surface area contributed by atoms with Crippen LogP contribution in [-0.2, 0) is 0 Å². The van der Waals surface area contributed by atoms with Gasteiger partial charge in [0.2, 0.25) is 0 Å². The Morgan fingerprint density at radius 3 is 1.78 bits per heavy atom. The number of hydrogen-bond donors (Lipinski definition) is 0. The van der Waals surface area contributed by atoms with Gasteiger partial charge in [0.25, 0.3) is 0 Å². The van der Waals surface area contributed by atoms with Gasteiger partial charge in [-0.15, -0.1) is 0 Å². The summed E-state index contributed by atoms with van der Waals surface area (Å²) in [4.78, 5) is 4.83. The van der Waals surface area contributed by atoms with Gasteiger partial charge in [-0.25, -0.2) is 0 Å². The summed E-state index contributed by atoms with van der Waals surface area (Å²) in [5.41, 5.74) is 3.34. The average molecular weight is 341 g/mol. The Morgan fingerprint density at radius 2 is 1.11 bits per heavy atom. The van der Waals surface area contributed by atoms with Gasteiger partial charge < -0.3 is 0 Å². The van der Waals surface area contributed by atoms with Crippen LogP contribution in [0.2, 0.25) is 0 Å². The molecule has 0 unspecified atom stereocenters. The summed E-state index contributed by atoms with van der Waals surface area (Å²) in [6.07, 6.45) is 0. The molecule has 0 bridgehead atoms. The minimum absolute atomic E-state index is 1.05. The van der Waals surface area contributed by atoms with Crippen molar-refractivity contribution in [2.45, 2.75) is 6.92 Å². The molecular formula is C26H15N. The van der Waals surface area contributed by atoms with Crippen LogP contribution in [-0.4, -0.2) is 4.98 Å². The van der Waals surface area contributed by atoms with Crippen molar-refractivity contribution in [2.24, 2.45) is 0 Å². The topological polar surface area (TPSA) is 12.9 Å². The van der Waals surface area contributed by atoms with Crippen molar-refractivity contribution in [1.29, 1.82) is 0 Å². The number of aromatic nitrogens is 1. The van der Waals surface area contributed by atoms with E-state index in [0.29, 0.717) is 0 Å². The molecule has 1 nitrogen and oxygen atoms in total. The van der Waals surface area contributed by atoms with Gasteiger partial charge >= 0.3 is 0 Å². The lowest BCUT2D eigenvalue weighted by Gasteiger charge is -2.11. The molecule has 0 aliphatic heterocycles. The van der Waals surface area contributed by atoms with E-state index in [4.69, 9.17) is 4.98 Å². The number of benzene rings is 5. The van der Waals surface area contributed by atoms with Crippen molar-refractivity contribution in [3.05, 3.63) is 78.5 Å². The minimum Gasteiger partial charge on any atom is -0.253 e. The molecule has 124 valence electrons. The normalized spacial score (nSPS) is 12.6. The van der Waals surface area contributed by atoms with Crippen LogP contribution in [0.1, 0.15) is 5.69 Å². The standard InChI is InChI=1S/C26H15N/c1-14-3-2-4-21(27-14)20-13-18-10-9-16-6-5-15-7-8-17-11-12-19(20)26-24(17)22(15)23(16)25(18)26/h2-13H,1H3. The maximum Gasteiger partial charge on any atom is 0.0711 e. The molecule has 0 fully saturated rings. The van der Waals surface area contributed by atoms with Crippen molar-refractivity contribution in [2.75, 3.05) is 0 Å². The highest BCUT2D eigenvalue weighted by Crippen LogP contribution is 2.49. The number of pyridine rings is 1. The fourth-order valence-electron chi connectivity index (χ4n) is 5.08. The first-order valence-corrected chi connectivity index (χ1v) is 9.41. The van der Waals surface area contributed by atoms with E-state index in [1.807, 2.05) is 0 Å². The van der Waals surface area contributed by atoms with Crippen LogP contribution in [0.25, 0.3) is 65.1 Å². The van der Waals surface area contributed by atoms with Gasteiger partial charge in [-0.2, -0.15) is 0 Å². The van der Waals surface area contributed by atoms with Crippen LogP contribution in [0.15, 0.2) is 72.8 Å². The monoisotopic (exact) mass is 341 g/mol.